The van der Waals surface area contributed by atoms with Crippen LogP contribution in [0.4, 0.5) is 0 Å². The van der Waals surface area contributed by atoms with E-state index in [1.807, 2.05) is 13.2 Å². The summed E-state index contributed by atoms with van der Waals surface area (Å²) in [7, 11) is 0. The number of carbonyl (C=O) groups excluding carboxylic acids is 1. The van der Waals surface area contributed by atoms with E-state index in [2.05, 4.69) is 0 Å². The number of amides is 1. The van der Waals surface area contributed by atoms with Gasteiger partial charge in [-0.15, -0.1) is 0 Å². The second kappa shape index (κ2) is 7.14. The van der Waals surface area contributed by atoms with E-state index in [9.17, 15) is 9.90 Å². The molecule has 1 atom stereocenters. The molecule has 0 rings (SSSR count). The van der Waals surface area contributed by atoms with Crippen molar-refractivity contribution in [2.75, 3.05) is 25.1 Å². The molecule has 0 saturated heterocycles. The van der Waals surface area contributed by atoms with Crippen molar-refractivity contribution in [2.24, 2.45) is 5.73 Å². The molecule has 0 aromatic heterocycles. The number of nitrogens with zero attached hydrogens (tertiary/aromatic N) is 1. The van der Waals surface area contributed by atoms with Crippen LogP contribution in [-0.4, -0.2) is 52.7 Å². The number of rotatable bonds is 7. The lowest BCUT2D eigenvalue weighted by molar-refractivity contribution is -0.135. The summed E-state index contributed by atoms with van der Waals surface area (Å²) in [6.07, 6.45) is 2.67. The van der Waals surface area contributed by atoms with Crippen LogP contribution in [0.25, 0.3) is 0 Å². The summed E-state index contributed by atoms with van der Waals surface area (Å²) < 4.78 is 0. The first-order valence-corrected chi connectivity index (χ1v) is 6.97. The van der Waals surface area contributed by atoms with Crippen molar-refractivity contribution < 1.29 is 9.90 Å². The molecule has 0 aromatic rings. The smallest absolute Gasteiger partial charge is 0.239 e. The second-order valence-corrected chi connectivity index (χ2v) is 5.54. The summed E-state index contributed by atoms with van der Waals surface area (Å²) in [5.41, 5.74) is 4.94. The van der Waals surface area contributed by atoms with Crippen molar-refractivity contribution >= 4 is 17.7 Å². The second-order valence-electron chi connectivity index (χ2n) is 4.55. The van der Waals surface area contributed by atoms with Gasteiger partial charge in [-0.2, -0.15) is 11.8 Å². The van der Waals surface area contributed by atoms with Gasteiger partial charge in [-0.25, -0.2) is 0 Å². The minimum Gasteiger partial charge on any atom is -0.389 e. The van der Waals surface area contributed by atoms with E-state index in [-0.39, 0.29) is 5.91 Å². The van der Waals surface area contributed by atoms with Gasteiger partial charge in [0.05, 0.1) is 11.6 Å². The van der Waals surface area contributed by atoms with Crippen molar-refractivity contribution in [1.29, 1.82) is 0 Å². The van der Waals surface area contributed by atoms with Crippen molar-refractivity contribution in [3.8, 4) is 0 Å². The molecule has 0 heterocycles. The van der Waals surface area contributed by atoms with Gasteiger partial charge in [0.1, 0.15) is 0 Å². The number of likely N-dealkylation sites (N-methyl/N-ethyl adjacent to an activating group) is 1. The minimum absolute atomic E-state index is 0.0707. The van der Waals surface area contributed by atoms with Gasteiger partial charge in [0.2, 0.25) is 5.91 Å². The molecule has 0 saturated carbocycles. The quantitative estimate of drug-likeness (QED) is 0.695. The van der Waals surface area contributed by atoms with Crippen LogP contribution in [0.3, 0.4) is 0 Å². The molecule has 0 aliphatic carbocycles. The molecule has 4 nitrogen and oxygen atoms in total. The highest BCUT2D eigenvalue weighted by atomic mass is 32.2. The summed E-state index contributed by atoms with van der Waals surface area (Å²) in [6.45, 7) is 6.18. The Balaban J connectivity index is 4.30. The van der Waals surface area contributed by atoms with Crippen molar-refractivity contribution in [2.45, 2.75) is 38.8 Å². The first-order valence-electron chi connectivity index (χ1n) is 5.57. The molecule has 0 aromatic carbocycles. The van der Waals surface area contributed by atoms with Crippen molar-refractivity contribution in [3.05, 3.63) is 0 Å². The number of thioether (sulfide) groups is 1. The minimum atomic E-state index is -0.870. The Labute approximate surface area is 103 Å². The van der Waals surface area contributed by atoms with E-state index in [0.717, 1.165) is 5.75 Å². The monoisotopic (exact) mass is 248 g/mol. The average molecular weight is 248 g/mol. The lowest BCUT2D eigenvalue weighted by Gasteiger charge is -2.30. The Kier molecular flexibility index (Phi) is 7.03. The Morgan fingerprint density at radius 1 is 1.56 bits per heavy atom. The van der Waals surface area contributed by atoms with Gasteiger partial charge >= 0.3 is 0 Å². The Morgan fingerprint density at radius 3 is 2.50 bits per heavy atom. The third kappa shape index (κ3) is 6.35. The molecular formula is C11H24N2O2S. The van der Waals surface area contributed by atoms with Crippen LogP contribution in [0.15, 0.2) is 0 Å². The molecule has 0 spiro atoms. The number of hydrogen-bond acceptors (Lipinski definition) is 4. The molecular weight excluding hydrogens is 224 g/mol. The van der Waals surface area contributed by atoms with Crippen molar-refractivity contribution in [1.82, 2.24) is 4.90 Å². The summed E-state index contributed by atoms with van der Waals surface area (Å²) in [6, 6.07) is -0.449. The van der Waals surface area contributed by atoms with Gasteiger partial charge < -0.3 is 15.7 Å². The molecule has 0 aliphatic heterocycles. The Hall–Kier alpha value is -0.260. The molecule has 96 valence electrons. The van der Waals surface area contributed by atoms with Crippen molar-refractivity contribution in [3.63, 3.8) is 0 Å². The van der Waals surface area contributed by atoms with Crippen LogP contribution < -0.4 is 5.73 Å². The lowest BCUT2D eigenvalue weighted by atomic mass is 10.1. The topological polar surface area (TPSA) is 66.6 Å². The zero-order valence-electron chi connectivity index (χ0n) is 10.7. The van der Waals surface area contributed by atoms with E-state index in [0.29, 0.717) is 19.5 Å². The normalized spacial score (nSPS) is 13.6. The molecule has 5 heteroatoms. The highest BCUT2D eigenvalue weighted by Gasteiger charge is 2.24. The van der Waals surface area contributed by atoms with Crippen LogP contribution in [0, 0.1) is 0 Å². The third-order valence-electron chi connectivity index (χ3n) is 2.22. The van der Waals surface area contributed by atoms with Crippen LogP contribution in [0.1, 0.15) is 27.2 Å². The number of hydrogen-bond donors (Lipinski definition) is 2. The predicted octanol–water partition coefficient (Wildman–Crippen LogP) is 0.686. The van der Waals surface area contributed by atoms with Gasteiger partial charge in [-0.1, -0.05) is 0 Å². The summed E-state index contributed by atoms with van der Waals surface area (Å²) in [4.78, 5) is 13.6. The summed E-state index contributed by atoms with van der Waals surface area (Å²) in [5.74, 6) is 0.811. The fourth-order valence-electron chi connectivity index (χ4n) is 1.42. The summed E-state index contributed by atoms with van der Waals surface area (Å²) >= 11 is 1.68. The standard InChI is InChI=1S/C11H24N2O2S/c1-5-13(8-11(2,3)15)10(14)9(12)6-7-16-4/h9,15H,5-8,12H2,1-4H3/t9-/m1/s1. The fraction of sp³-hybridized carbons (Fsp3) is 0.909. The Morgan fingerprint density at radius 2 is 2.12 bits per heavy atom. The molecule has 16 heavy (non-hydrogen) atoms. The van der Waals surface area contributed by atoms with E-state index in [1.165, 1.54) is 0 Å². The molecule has 3 N–H and O–H groups in total. The zero-order valence-corrected chi connectivity index (χ0v) is 11.5. The van der Waals surface area contributed by atoms with Gasteiger partial charge in [-0.05, 0) is 39.2 Å². The number of aliphatic hydroxyl groups is 1. The molecule has 0 radical (unpaired) electrons. The van der Waals surface area contributed by atoms with E-state index < -0.39 is 11.6 Å². The molecule has 0 aliphatic rings. The van der Waals surface area contributed by atoms with E-state index in [4.69, 9.17) is 5.73 Å². The highest BCUT2D eigenvalue weighted by molar-refractivity contribution is 7.98. The number of nitrogens with two attached hydrogens (primary N) is 1. The highest BCUT2D eigenvalue weighted by Crippen LogP contribution is 2.08. The third-order valence-corrected chi connectivity index (χ3v) is 2.87. The maximum absolute atomic E-state index is 11.9. The van der Waals surface area contributed by atoms with Gasteiger partial charge in [-0.3, -0.25) is 4.79 Å². The fourth-order valence-corrected chi connectivity index (χ4v) is 1.91. The molecule has 0 bridgehead atoms. The van der Waals surface area contributed by atoms with Crippen LogP contribution in [-0.2, 0) is 4.79 Å². The SMILES string of the molecule is CCN(CC(C)(C)O)C(=O)[C@H](N)CCSC. The van der Waals surface area contributed by atoms with E-state index >= 15 is 0 Å². The van der Waals surface area contributed by atoms with Crippen LogP contribution >= 0.6 is 11.8 Å². The first kappa shape index (κ1) is 15.7. The zero-order chi connectivity index (χ0) is 12.8. The predicted molar refractivity (Wildman–Crippen MR) is 69.5 cm³/mol. The van der Waals surface area contributed by atoms with Gasteiger partial charge in [0.25, 0.3) is 0 Å². The van der Waals surface area contributed by atoms with Crippen LogP contribution in [0.2, 0.25) is 0 Å². The maximum atomic E-state index is 11.9. The molecule has 1 amide bonds. The van der Waals surface area contributed by atoms with Crippen LogP contribution in [0.5, 0.6) is 0 Å². The molecule has 0 unspecified atom stereocenters. The lowest BCUT2D eigenvalue weighted by Crippen LogP contribution is -2.49. The van der Waals surface area contributed by atoms with Gasteiger partial charge in [0, 0.05) is 13.1 Å². The van der Waals surface area contributed by atoms with Gasteiger partial charge in [0.15, 0.2) is 0 Å². The first-order chi connectivity index (χ1) is 7.31. The molecule has 0 fully saturated rings. The average Bonchev–Trinajstić information content (AvgIpc) is 2.20. The largest absolute Gasteiger partial charge is 0.389 e. The number of carbonyl (C=O) groups is 1. The van der Waals surface area contributed by atoms with E-state index in [1.54, 1.807) is 30.5 Å². The maximum Gasteiger partial charge on any atom is 0.239 e. The summed E-state index contributed by atoms with van der Waals surface area (Å²) in [5, 5.41) is 9.69. The Bertz CT molecular complexity index is 217.